The largest absolute Gasteiger partial charge is 0.454 e. The van der Waals surface area contributed by atoms with Crippen molar-refractivity contribution in [2.75, 3.05) is 0 Å². The zero-order valence-corrected chi connectivity index (χ0v) is 15.8. The van der Waals surface area contributed by atoms with Gasteiger partial charge in [0.25, 0.3) is 0 Å². The van der Waals surface area contributed by atoms with Gasteiger partial charge in [0.15, 0.2) is 0 Å². The highest BCUT2D eigenvalue weighted by atomic mass is 19.4. The second-order valence-corrected chi connectivity index (χ2v) is 9.14. The van der Waals surface area contributed by atoms with Crippen LogP contribution in [0, 0.1) is 23.2 Å². The molecule has 4 bridgehead atoms. The van der Waals surface area contributed by atoms with Crippen LogP contribution in [0.1, 0.15) is 51.4 Å². The molecule has 2 nitrogen and oxygen atoms in total. The molecular formula is C19H21F9O2. The molecule has 0 N–H and O–H groups in total. The number of halogens is 9. The number of carbonyl (C=O) groups is 1. The van der Waals surface area contributed by atoms with Crippen molar-refractivity contribution in [1.82, 2.24) is 0 Å². The van der Waals surface area contributed by atoms with E-state index < -0.39 is 53.9 Å². The summed E-state index contributed by atoms with van der Waals surface area (Å²) in [5.41, 5.74) is -6.96. The minimum absolute atomic E-state index is 0.0298. The van der Waals surface area contributed by atoms with Crippen molar-refractivity contribution >= 4 is 5.97 Å². The molecule has 0 heterocycles. The molecule has 0 aromatic carbocycles. The third-order valence-corrected chi connectivity index (χ3v) is 6.85. The number of esters is 1. The number of ether oxygens (including phenoxy) is 1. The fourth-order valence-corrected chi connectivity index (χ4v) is 6.29. The van der Waals surface area contributed by atoms with Crippen LogP contribution in [0.4, 0.5) is 39.5 Å². The Balaban J connectivity index is 2.08. The van der Waals surface area contributed by atoms with Crippen molar-refractivity contribution in [3.8, 4) is 0 Å². The summed E-state index contributed by atoms with van der Waals surface area (Å²) in [5, 5.41) is 0. The van der Waals surface area contributed by atoms with Gasteiger partial charge in [0.05, 0.1) is 12.8 Å². The molecule has 0 radical (unpaired) electrons. The number of hydrogen-bond donors (Lipinski definition) is 0. The molecule has 0 aliphatic heterocycles. The molecule has 4 aliphatic carbocycles. The van der Waals surface area contributed by atoms with E-state index in [9.17, 15) is 44.3 Å². The first-order valence-corrected chi connectivity index (χ1v) is 9.57. The Kier molecular flexibility index (Phi) is 5.46. The van der Waals surface area contributed by atoms with E-state index in [1.807, 2.05) is 0 Å². The van der Waals surface area contributed by atoms with Gasteiger partial charge in [-0.25, -0.2) is 4.79 Å². The van der Waals surface area contributed by atoms with Gasteiger partial charge in [-0.3, -0.25) is 0 Å². The Labute approximate surface area is 166 Å². The molecule has 0 spiro atoms. The third-order valence-electron chi connectivity index (χ3n) is 6.85. The van der Waals surface area contributed by atoms with Crippen molar-refractivity contribution in [3.63, 3.8) is 0 Å². The molecule has 4 rings (SSSR count). The molecular weight excluding hydrogens is 431 g/mol. The van der Waals surface area contributed by atoms with Gasteiger partial charge in [0, 0.05) is 5.41 Å². The molecule has 0 unspecified atom stereocenters. The average Bonchev–Trinajstić information content (AvgIpc) is 2.48. The van der Waals surface area contributed by atoms with Crippen molar-refractivity contribution in [2.45, 2.75) is 75.5 Å². The maximum Gasteiger partial charge on any atom is 0.422 e. The minimum Gasteiger partial charge on any atom is -0.454 e. The SMILES string of the molecule is C=C(C(=O)OC(CC(F)(F)F)(CC(F)(F)F)C12CC3CC(CC(C3)C1)C2)C(F)(F)F. The van der Waals surface area contributed by atoms with Crippen LogP contribution < -0.4 is 0 Å². The van der Waals surface area contributed by atoms with Gasteiger partial charge in [-0.1, -0.05) is 6.58 Å². The number of alkyl halides is 9. The Hall–Kier alpha value is -1.42. The van der Waals surface area contributed by atoms with E-state index in [0.29, 0.717) is 19.3 Å². The summed E-state index contributed by atoms with van der Waals surface area (Å²) in [7, 11) is 0. The highest BCUT2D eigenvalue weighted by molar-refractivity contribution is 5.89. The van der Waals surface area contributed by atoms with Crippen LogP contribution in [-0.4, -0.2) is 30.1 Å². The van der Waals surface area contributed by atoms with Crippen LogP contribution in [0.2, 0.25) is 0 Å². The maximum atomic E-state index is 13.5. The van der Waals surface area contributed by atoms with E-state index in [2.05, 4.69) is 11.3 Å². The zero-order chi connectivity index (χ0) is 22.8. The van der Waals surface area contributed by atoms with Crippen molar-refractivity contribution in [1.29, 1.82) is 0 Å². The normalized spacial score (nSPS) is 31.7. The summed E-state index contributed by atoms with van der Waals surface area (Å²) in [5.74, 6) is -2.66. The highest BCUT2D eigenvalue weighted by Gasteiger charge is 2.67. The standard InChI is InChI=1S/C19H21F9O2/c1-10(19(26,27)28)14(29)30-16(8-17(20,21)22,9-18(23,24)25)15-5-11-2-12(6-15)4-13(3-11)7-15/h11-13H,1-9H2. The lowest BCUT2D eigenvalue weighted by Crippen LogP contribution is -2.62. The third kappa shape index (κ3) is 4.59. The Bertz CT molecular complexity index is 651. The van der Waals surface area contributed by atoms with Gasteiger partial charge < -0.3 is 4.74 Å². The monoisotopic (exact) mass is 452 g/mol. The van der Waals surface area contributed by atoms with Gasteiger partial charge in [0.1, 0.15) is 11.2 Å². The summed E-state index contributed by atoms with van der Waals surface area (Å²) in [4.78, 5) is 12.1. The summed E-state index contributed by atoms with van der Waals surface area (Å²) < 4.78 is 124. The van der Waals surface area contributed by atoms with Crippen LogP contribution in [-0.2, 0) is 9.53 Å². The molecule has 30 heavy (non-hydrogen) atoms. The minimum atomic E-state index is -5.33. The summed E-state index contributed by atoms with van der Waals surface area (Å²) >= 11 is 0. The number of rotatable bonds is 5. The van der Waals surface area contributed by atoms with Crippen LogP contribution in [0.15, 0.2) is 12.2 Å². The Morgan fingerprint density at radius 3 is 1.47 bits per heavy atom. The fraction of sp³-hybridized carbons (Fsp3) is 0.842. The van der Waals surface area contributed by atoms with E-state index in [1.54, 1.807) is 0 Å². The second-order valence-electron chi connectivity index (χ2n) is 9.14. The van der Waals surface area contributed by atoms with Crippen molar-refractivity contribution < 1.29 is 49.0 Å². The van der Waals surface area contributed by atoms with Gasteiger partial charge in [-0.05, 0) is 56.3 Å². The van der Waals surface area contributed by atoms with Crippen molar-refractivity contribution in [2.24, 2.45) is 23.2 Å². The topological polar surface area (TPSA) is 26.3 Å². The molecule has 172 valence electrons. The first-order chi connectivity index (χ1) is 13.4. The summed E-state index contributed by atoms with van der Waals surface area (Å²) in [6.07, 6.45) is -18.1. The maximum absolute atomic E-state index is 13.5. The van der Waals surface area contributed by atoms with Crippen LogP contribution in [0.5, 0.6) is 0 Å². The molecule has 0 amide bonds. The quantitative estimate of drug-likeness (QED) is 0.270. The number of carbonyl (C=O) groups excluding carboxylic acids is 1. The smallest absolute Gasteiger partial charge is 0.422 e. The Morgan fingerprint density at radius 2 is 1.17 bits per heavy atom. The number of hydrogen-bond acceptors (Lipinski definition) is 2. The van der Waals surface area contributed by atoms with Crippen LogP contribution >= 0.6 is 0 Å². The van der Waals surface area contributed by atoms with Gasteiger partial charge >= 0.3 is 24.5 Å². The van der Waals surface area contributed by atoms with Crippen molar-refractivity contribution in [3.05, 3.63) is 12.2 Å². The predicted molar refractivity (Wildman–Crippen MR) is 86.0 cm³/mol. The predicted octanol–water partition coefficient (Wildman–Crippen LogP) is 6.51. The second kappa shape index (κ2) is 7.05. The van der Waals surface area contributed by atoms with E-state index in [1.165, 1.54) is 0 Å². The highest BCUT2D eigenvalue weighted by Crippen LogP contribution is 2.67. The van der Waals surface area contributed by atoms with Gasteiger partial charge in [-0.15, -0.1) is 0 Å². The van der Waals surface area contributed by atoms with E-state index in [-0.39, 0.29) is 37.0 Å². The van der Waals surface area contributed by atoms with E-state index >= 15 is 0 Å². The molecule has 0 aromatic heterocycles. The molecule has 0 aromatic rings. The summed E-state index contributed by atoms with van der Waals surface area (Å²) in [6.45, 7) is 2.49. The molecule has 0 saturated heterocycles. The van der Waals surface area contributed by atoms with Gasteiger partial charge in [0.2, 0.25) is 0 Å². The summed E-state index contributed by atoms with van der Waals surface area (Å²) in [6, 6.07) is 0. The van der Waals surface area contributed by atoms with Crippen LogP contribution in [0.3, 0.4) is 0 Å². The first-order valence-electron chi connectivity index (χ1n) is 9.57. The molecule has 0 atom stereocenters. The average molecular weight is 452 g/mol. The Morgan fingerprint density at radius 1 is 0.800 bits per heavy atom. The molecule has 4 saturated carbocycles. The molecule has 4 aliphatic rings. The first kappa shape index (κ1) is 23.2. The molecule has 11 heteroatoms. The van der Waals surface area contributed by atoms with E-state index in [0.717, 1.165) is 0 Å². The zero-order valence-electron chi connectivity index (χ0n) is 15.8. The van der Waals surface area contributed by atoms with Crippen LogP contribution in [0.25, 0.3) is 0 Å². The molecule has 4 fully saturated rings. The lowest BCUT2D eigenvalue weighted by Gasteiger charge is -2.63. The van der Waals surface area contributed by atoms with Gasteiger partial charge in [-0.2, -0.15) is 39.5 Å². The lowest BCUT2D eigenvalue weighted by molar-refractivity contribution is -0.280. The van der Waals surface area contributed by atoms with E-state index in [4.69, 9.17) is 0 Å². The fourth-order valence-electron chi connectivity index (χ4n) is 6.29. The lowest BCUT2D eigenvalue weighted by atomic mass is 9.44.